The van der Waals surface area contributed by atoms with E-state index < -0.39 is 22.0 Å². The molecule has 8 nitrogen and oxygen atoms in total. The maximum absolute atomic E-state index is 13.5. The monoisotopic (exact) mass is 514 g/mol. The maximum Gasteiger partial charge on any atom is 0.264 e. The normalized spacial score (nSPS) is 17.7. The SMILES string of the molecule is CC(NC(=O)C1CN(S(=O)(=O)c2ccccc2)c2cc(Cl)ccc2O1)c1ccc2c(c1)OCCO2. The van der Waals surface area contributed by atoms with Crippen molar-refractivity contribution in [2.75, 3.05) is 24.1 Å². The van der Waals surface area contributed by atoms with Gasteiger partial charge in [-0.1, -0.05) is 35.9 Å². The molecule has 10 heteroatoms. The summed E-state index contributed by atoms with van der Waals surface area (Å²) in [5.74, 6) is 1.09. The van der Waals surface area contributed by atoms with Gasteiger partial charge >= 0.3 is 0 Å². The molecule has 0 aliphatic carbocycles. The molecule has 35 heavy (non-hydrogen) atoms. The standard InChI is InChI=1S/C25H23ClN2O6S/c1-16(17-7-9-22-23(13-17)33-12-11-32-22)27-25(29)24-15-28(20-14-18(26)8-10-21(20)34-24)35(30,31)19-5-3-2-4-6-19/h2-10,13-14,16,24H,11-12,15H2,1H3,(H,27,29). The van der Waals surface area contributed by atoms with Gasteiger partial charge in [-0.25, -0.2) is 8.42 Å². The number of fused-ring (bicyclic) bond motifs is 2. The third kappa shape index (κ3) is 4.61. The number of carbonyl (C=O) groups is 1. The summed E-state index contributed by atoms with van der Waals surface area (Å²) in [7, 11) is -3.97. The highest BCUT2D eigenvalue weighted by atomic mass is 35.5. The second kappa shape index (κ2) is 9.31. The van der Waals surface area contributed by atoms with E-state index >= 15 is 0 Å². The number of amides is 1. The number of hydrogen-bond acceptors (Lipinski definition) is 6. The van der Waals surface area contributed by atoms with Crippen LogP contribution < -0.4 is 23.8 Å². The van der Waals surface area contributed by atoms with Crippen LogP contribution in [0.5, 0.6) is 17.2 Å². The lowest BCUT2D eigenvalue weighted by Crippen LogP contribution is -2.51. The van der Waals surface area contributed by atoms with Crippen LogP contribution in [-0.4, -0.2) is 40.2 Å². The first-order chi connectivity index (χ1) is 16.8. The molecule has 5 rings (SSSR count). The number of carbonyl (C=O) groups excluding carboxylic acids is 1. The minimum absolute atomic E-state index is 0.108. The highest BCUT2D eigenvalue weighted by Crippen LogP contribution is 2.39. The lowest BCUT2D eigenvalue weighted by atomic mass is 10.1. The molecule has 2 aliphatic rings. The van der Waals surface area contributed by atoms with Crippen LogP contribution in [0.1, 0.15) is 18.5 Å². The third-order valence-electron chi connectivity index (χ3n) is 5.84. The molecular weight excluding hydrogens is 492 g/mol. The smallest absolute Gasteiger partial charge is 0.264 e. The zero-order chi connectivity index (χ0) is 24.6. The summed E-state index contributed by atoms with van der Waals surface area (Å²) in [5.41, 5.74) is 1.10. The summed E-state index contributed by atoms with van der Waals surface area (Å²) in [6.07, 6.45) is -1.07. The van der Waals surface area contributed by atoms with Crippen LogP contribution >= 0.6 is 11.6 Å². The van der Waals surface area contributed by atoms with Crippen LogP contribution in [-0.2, 0) is 14.8 Å². The number of sulfonamides is 1. The Morgan fingerprint density at radius 2 is 1.71 bits per heavy atom. The fraction of sp³-hybridized carbons (Fsp3) is 0.240. The summed E-state index contributed by atoms with van der Waals surface area (Å²) >= 11 is 6.15. The molecular formula is C25H23ClN2O6S. The van der Waals surface area contributed by atoms with E-state index in [1.54, 1.807) is 36.4 Å². The van der Waals surface area contributed by atoms with E-state index in [1.165, 1.54) is 22.5 Å². The van der Waals surface area contributed by atoms with Gasteiger partial charge in [0.05, 0.1) is 23.2 Å². The molecule has 0 saturated carbocycles. The molecule has 2 aliphatic heterocycles. The van der Waals surface area contributed by atoms with Gasteiger partial charge in [-0.05, 0) is 55.0 Å². The van der Waals surface area contributed by atoms with Gasteiger partial charge in [-0.15, -0.1) is 0 Å². The third-order valence-corrected chi connectivity index (χ3v) is 7.87. The van der Waals surface area contributed by atoms with Crippen molar-refractivity contribution in [1.82, 2.24) is 5.32 Å². The van der Waals surface area contributed by atoms with Gasteiger partial charge in [0.1, 0.15) is 19.0 Å². The van der Waals surface area contributed by atoms with E-state index in [-0.39, 0.29) is 28.9 Å². The van der Waals surface area contributed by atoms with Crippen molar-refractivity contribution in [2.45, 2.75) is 24.0 Å². The summed E-state index contributed by atoms with van der Waals surface area (Å²) in [6.45, 7) is 2.58. The minimum Gasteiger partial charge on any atom is -0.486 e. The fourth-order valence-corrected chi connectivity index (χ4v) is 5.68. The molecule has 182 valence electrons. The molecule has 3 aromatic rings. The molecule has 0 saturated heterocycles. The number of rotatable bonds is 5. The number of hydrogen-bond donors (Lipinski definition) is 1. The van der Waals surface area contributed by atoms with Crippen molar-refractivity contribution >= 4 is 33.2 Å². The van der Waals surface area contributed by atoms with Gasteiger partial charge in [-0.2, -0.15) is 0 Å². The summed E-state index contributed by atoms with van der Waals surface area (Å²) in [5, 5.41) is 3.28. The molecule has 1 amide bonds. The average Bonchev–Trinajstić information content (AvgIpc) is 2.88. The lowest BCUT2D eigenvalue weighted by molar-refractivity contribution is -0.128. The average molecular weight is 515 g/mol. The largest absolute Gasteiger partial charge is 0.486 e. The Morgan fingerprint density at radius 1 is 1.00 bits per heavy atom. The molecule has 0 aromatic heterocycles. The molecule has 2 heterocycles. The molecule has 1 N–H and O–H groups in total. The lowest BCUT2D eigenvalue weighted by Gasteiger charge is -2.35. The highest BCUT2D eigenvalue weighted by Gasteiger charge is 2.38. The predicted molar refractivity (Wildman–Crippen MR) is 131 cm³/mol. The number of nitrogens with one attached hydrogen (secondary N) is 1. The number of benzene rings is 3. The first-order valence-electron chi connectivity index (χ1n) is 11.1. The number of anilines is 1. The fourth-order valence-electron chi connectivity index (χ4n) is 4.03. The van der Waals surface area contributed by atoms with Crippen LogP contribution in [0, 0.1) is 0 Å². The Bertz CT molecular complexity index is 1370. The van der Waals surface area contributed by atoms with Crippen LogP contribution in [0.25, 0.3) is 0 Å². The zero-order valence-electron chi connectivity index (χ0n) is 18.8. The number of nitrogens with zero attached hydrogens (tertiary/aromatic N) is 1. The van der Waals surface area contributed by atoms with E-state index in [0.29, 0.717) is 29.7 Å². The van der Waals surface area contributed by atoms with Gasteiger partial charge in [0, 0.05) is 5.02 Å². The molecule has 2 unspecified atom stereocenters. The molecule has 3 aromatic carbocycles. The second-order valence-corrected chi connectivity index (χ2v) is 10.5. The Balaban J connectivity index is 1.40. The van der Waals surface area contributed by atoms with Crippen LogP contribution in [0.3, 0.4) is 0 Å². The van der Waals surface area contributed by atoms with Crippen molar-refractivity contribution in [1.29, 1.82) is 0 Å². The van der Waals surface area contributed by atoms with E-state index in [2.05, 4.69) is 5.32 Å². The van der Waals surface area contributed by atoms with E-state index in [4.69, 9.17) is 25.8 Å². The molecule has 0 radical (unpaired) electrons. The first-order valence-corrected chi connectivity index (χ1v) is 12.9. The van der Waals surface area contributed by atoms with E-state index in [1.807, 2.05) is 19.1 Å². The molecule has 0 fully saturated rings. The second-order valence-electron chi connectivity index (χ2n) is 8.20. The van der Waals surface area contributed by atoms with Crippen molar-refractivity contribution in [3.63, 3.8) is 0 Å². The zero-order valence-corrected chi connectivity index (χ0v) is 20.4. The van der Waals surface area contributed by atoms with Gasteiger partial charge in [-0.3, -0.25) is 9.10 Å². The van der Waals surface area contributed by atoms with Crippen LogP contribution in [0.4, 0.5) is 5.69 Å². The van der Waals surface area contributed by atoms with Gasteiger partial charge in [0.15, 0.2) is 17.6 Å². The van der Waals surface area contributed by atoms with E-state index in [9.17, 15) is 13.2 Å². The first kappa shape index (κ1) is 23.3. The van der Waals surface area contributed by atoms with Crippen molar-refractivity contribution < 1.29 is 27.4 Å². The Kier molecular flexibility index (Phi) is 6.21. The number of halogens is 1. The van der Waals surface area contributed by atoms with Gasteiger partial charge in [0.2, 0.25) is 0 Å². The Hall–Kier alpha value is -3.43. The minimum atomic E-state index is -3.97. The van der Waals surface area contributed by atoms with Gasteiger partial charge in [0.25, 0.3) is 15.9 Å². The quantitative estimate of drug-likeness (QED) is 0.554. The van der Waals surface area contributed by atoms with Crippen molar-refractivity contribution in [3.05, 3.63) is 77.3 Å². The summed E-state index contributed by atoms with van der Waals surface area (Å²) < 4.78 is 45.2. The molecule has 0 bridgehead atoms. The van der Waals surface area contributed by atoms with Crippen LogP contribution in [0.2, 0.25) is 5.02 Å². The molecule has 0 spiro atoms. The summed E-state index contributed by atoms with van der Waals surface area (Å²) in [6, 6.07) is 17.8. The Labute approximate surface area is 208 Å². The Morgan fingerprint density at radius 3 is 2.49 bits per heavy atom. The number of ether oxygens (including phenoxy) is 3. The van der Waals surface area contributed by atoms with Crippen molar-refractivity contribution in [3.8, 4) is 17.2 Å². The summed E-state index contributed by atoms with van der Waals surface area (Å²) in [4.78, 5) is 13.3. The predicted octanol–water partition coefficient (Wildman–Crippen LogP) is 3.94. The van der Waals surface area contributed by atoms with E-state index in [0.717, 1.165) is 5.56 Å². The maximum atomic E-state index is 13.5. The highest BCUT2D eigenvalue weighted by molar-refractivity contribution is 7.92. The van der Waals surface area contributed by atoms with Crippen LogP contribution in [0.15, 0.2) is 71.6 Å². The molecule has 2 atom stereocenters. The topological polar surface area (TPSA) is 94.2 Å². The van der Waals surface area contributed by atoms with Gasteiger partial charge < -0.3 is 19.5 Å². The van der Waals surface area contributed by atoms with Crippen molar-refractivity contribution in [2.24, 2.45) is 0 Å².